The van der Waals surface area contributed by atoms with Crippen LogP contribution in [0.25, 0.3) is 5.65 Å². The van der Waals surface area contributed by atoms with Crippen LogP contribution in [0, 0.1) is 6.92 Å². The van der Waals surface area contributed by atoms with Crippen LogP contribution in [-0.2, 0) is 6.54 Å². The average molecular weight is 342 g/mol. The van der Waals surface area contributed by atoms with Crippen LogP contribution >= 0.6 is 0 Å². The third-order valence-corrected chi connectivity index (χ3v) is 4.61. The van der Waals surface area contributed by atoms with Gasteiger partial charge in [-0.15, -0.1) is 15.3 Å². The molecule has 0 spiro atoms. The zero-order chi connectivity index (χ0) is 17.4. The zero-order valence-electron chi connectivity index (χ0n) is 14.8. The van der Waals surface area contributed by atoms with Crippen molar-refractivity contribution in [2.75, 3.05) is 32.1 Å². The van der Waals surface area contributed by atoms with Crippen LogP contribution in [0.3, 0.4) is 0 Å². The van der Waals surface area contributed by atoms with E-state index in [0.29, 0.717) is 24.2 Å². The molecule has 25 heavy (non-hydrogen) atoms. The molecule has 0 saturated carbocycles. The van der Waals surface area contributed by atoms with Crippen molar-refractivity contribution in [2.24, 2.45) is 0 Å². The van der Waals surface area contributed by atoms with Crippen molar-refractivity contribution in [1.82, 2.24) is 34.9 Å². The molecule has 1 aliphatic rings. The molecule has 4 rings (SSSR count). The van der Waals surface area contributed by atoms with Gasteiger partial charge in [-0.25, -0.2) is 0 Å². The van der Waals surface area contributed by atoms with Gasteiger partial charge in [0.2, 0.25) is 5.89 Å². The highest BCUT2D eigenvalue weighted by Gasteiger charge is 2.26. The maximum atomic E-state index is 5.22. The summed E-state index contributed by atoms with van der Waals surface area (Å²) < 4.78 is 7.10. The van der Waals surface area contributed by atoms with Crippen molar-refractivity contribution in [2.45, 2.75) is 32.2 Å². The van der Waals surface area contributed by atoms with Gasteiger partial charge in [0.15, 0.2) is 17.3 Å². The first-order valence-electron chi connectivity index (χ1n) is 8.51. The summed E-state index contributed by atoms with van der Waals surface area (Å²) in [5.41, 5.74) is 0.796. The minimum absolute atomic E-state index is 0.362. The van der Waals surface area contributed by atoms with Gasteiger partial charge in [-0.1, -0.05) is 5.16 Å². The van der Waals surface area contributed by atoms with Gasteiger partial charge in [-0.05, 0) is 45.0 Å². The van der Waals surface area contributed by atoms with E-state index in [1.165, 1.54) is 0 Å². The molecule has 1 fully saturated rings. The minimum atomic E-state index is 0.362. The number of piperidine rings is 1. The Hall–Kier alpha value is -2.55. The Labute approximate surface area is 145 Å². The Morgan fingerprint density at radius 1 is 1.20 bits per heavy atom. The minimum Gasteiger partial charge on any atom is -0.361 e. The molecule has 4 heterocycles. The van der Waals surface area contributed by atoms with Gasteiger partial charge in [0.1, 0.15) is 5.82 Å². The van der Waals surface area contributed by atoms with Crippen LogP contribution in [0.4, 0.5) is 5.82 Å². The van der Waals surface area contributed by atoms with Gasteiger partial charge < -0.3 is 9.42 Å². The predicted octanol–water partition coefficient (Wildman–Crippen LogP) is 1.26. The number of fused-ring (bicyclic) bond motifs is 1. The molecule has 0 atom stereocenters. The number of hydrogen-bond donors (Lipinski definition) is 0. The second-order valence-corrected chi connectivity index (χ2v) is 6.70. The van der Waals surface area contributed by atoms with Crippen molar-refractivity contribution < 1.29 is 4.52 Å². The van der Waals surface area contributed by atoms with Crippen molar-refractivity contribution >= 4 is 11.5 Å². The lowest BCUT2D eigenvalue weighted by Gasteiger charge is -2.29. The molecule has 1 aliphatic heterocycles. The van der Waals surface area contributed by atoms with Gasteiger partial charge in [0.25, 0.3) is 0 Å². The second kappa shape index (κ2) is 6.40. The number of rotatable bonds is 4. The summed E-state index contributed by atoms with van der Waals surface area (Å²) in [6, 6.07) is 3.93. The van der Waals surface area contributed by atoms with E-state index in [9.17, 15) is 0 Å². The Kier molecular flexibility index (Phi) is 4.08. The van der Waals surface area contributed by atoms with E-state index in [0.717, 1.165) is 43.2 Å². The van der Waals surface area contributed by atoms with E-state index in [2.05, 4.69) is 30.3 Å². The maximum Gasteiger partial charge on any atom is 0.240 e. The molecule has 0 N–H and O–H groups in total. The Morgan fingerprint density at radius 2 is 2.00 bits per heavy atom. The largest absolute Gasteiger partial charge is 0.361 e. The van der Waals surface area contributed by atoms with Gasteiger partial charge in [0, 0.05) is 20.0 Å². The summed E-state index contributed by atoms with van der Waals surface area (Å²) in [5, 5.41) is 17.2. The monoisotopic (exact) mass is 342 g/mol. The van der Waals surface area contributed by atoms with Crippen molar-refractivity contribution in [3.63, 3.8) is 0 Å². The van der Waals surface area contributed by atoms with E-state index >= 15 is 0 Å². The van der Waals surface area contributed by atoms with Crippen LogP contribution in [0.1, 0.15) is 36.3 Å². The van der Waals surface area contributed by atoms with Crippen LogP contribution in [0.5, 0.6) is 0 Å². The molecule has 0 bridgehead atoms. The van der Waals surface area contributed by atoms with Crippen LogP contribution < -0.4 is 4.90 Å². The predicted molar refractivity (Wildman–Crippen MR) is 91.4 cm³/mol. The van der Waals surface area contributed by atoms with Crippen LogP contribution in [0.15, 0.2) is 16.7 Å². The number of nitrogens with zero attached hydrogens (tertiary/aromatic N) is 8. The van der Waals surface area contributed by atoms with Crippen LogP contribution in [0.2, 0.25) is 0 Å². The number of hydrogen-bond acceptors (Lipinski definition) is 8. The molecule has 1 saturated heterocycles. The summed E-state index contributed by atoms with van der Waals surface area (Å²) >= 11 is 0. The van der Waals surface area contributed by atoms with Crippen molar-refractivity contribution in [1.29, 1.82) is 0 Å². The third-order valence-electron chi connectivity index (χ3n) is 4.61. The van der Waals surface area contributed by atoms with Gasteiger partial charge in [0.05, 0.1) is 6.54 Å². The molecule has 3 aromatic heterocycles. The normalized spacial score (nSPS) is 16.6. The van der Waals surface area contributed by atoms with Crippen LogP contribution in [-0.4, -0.2) is 62.0 Å². The van der Waals surface area contributed by atoms with E-state index in [-0.39, 0.29) is 0 Å². The number of likely N-dealkylation sites (tertiary alicyclic amines) is 1. The maximum absolute atomic E-state index is 5.22. The Morgan fingerprint density at radius 3 is 2.68 bits per heavy atom. The highest BCUT2D eigenvalue weighted by molar-refractivity contribution is 5.45. The summed E-state index contributed by atoms with van der Waals surface area (Å²) in [5.74, 6) is 3.58. The van der Waals surface area contributed by atoms with E-state index in [1.54, 1.807) is 0 Å². The van der Waals surface area contributed by atoms with Gasteiger partial charge in [-0.2, -0.15) is 9.50 Å². The average Bonchev–Trinajstić information content (AvgIpc) is 3.21. The van der Waals surface area contributed by atoms with Gasteiger partial charge in [-0.3, -0.25) is 4.90 Å². The highest BCUT2D eigenvalue weighted by atomic mass is 16.5. The zero-order valence-corrected chi connectivity index (χ0v) is 14.8. The number of anilines is 1. The summed E-state index contributed by atoms with van der Waals surface area (Å²) in [6.45, 7) is 4.48. The summed E-state index contributed by atoms with van der Waals surface area (Å²) in [4.78, 5) is 8.60. The van der Waals surface area contributed by atoms with E-state index < -0.39 is 0 Å². The van der Waals surface area contributed by atoms with Gasteiger partial charge >= 0.3 is 0 Å². The molecule has 132 valence electrons. The first-order chi connectivity index (χ1) is 12.1. The molecule has 0 radical (unpaired) electrons. The number of aryl methyl sites for hydroxylation is 1. The SMILES string of the molecule is Cc1noc(CN2CCC(c3nnc4ccc(N(C)C)nn34)CC2)n1. The quantitative estimate of drug-likeness (QED) is 0.700. The molecule has 9 heteroatoms. The molecule has 0 aliphatic carbocycles. The molecule has 0 amide bonds. The second-order valence-electron chi connectivity index (χ2n) is 6.70. The Balaban J connectivity index is 1.47. The molecule has 3 aromatic rings. The smallest absolute Gasteiger partial charge is 0.240 e. The molecular weight excluding hydrogens is 320 g/mol. The van der Waals surface area contributed by atoms with E-state index in [4.69, 9.17) is 4.52 Å². The summed E-state index contributed by atoms with van der Waals surface area (Å²) in [7, 11) is 3.96. The number of aromatic nitrogens is 6. The lowest BCUT2D eigenvalue weighted by atomic mass is 9.96. The lowest BCUT2D eigenvalue weighted by Crippen LogP contribution is -2.33. The molecule has 9 nitrogen and oxygen atoms in total. The van der Waals surface area contributed by atoms with E-state index in [1.807, 2.05) is 42.6 Å². The fraction of sp³-hybridized carbons (Fsp3) is 0.562. The Bertz CT molecular complexity index is 862. The first-order valence-corrected chi connectivity index (χ1v) is 8.51. The topological polar surface area (TPSA) is 88.5 Å². The van der Waals surface area contributed by atoms with Crippen molar-refractivity contribution in [3.05, 3.63) is 29.7 Å². The lowest BCUT2D eigenvalue weighted by molar-refractivity contribution is 0.178. The van der Waals surface area contributed by atoms with Crippen molar-refractivity contribution in [3.8, 4) is 0 Å². The first kappa shape index (κ1) is 15.9. The fourth-order valence-electron chi connectivity index (χ4n) is 3.23. The molecule has 0 aromatic carbocycles. The molecule has 0 unspecified atom stereocenters. The third kappa shape index (κ3) is 3.19. The standard InChI is InChI=1S/C16H22N8O/c1-11-17-15(25-21-11)10-23-8-6-12(7-9-23)16-19-18-13-4-5-14(22(2)3)20-24(13)16/h4-5,12H,6-10H2,1-3H3. The fourth-order valence-corrected chi connectivity index (χ4v) is 3.23. The highest BCUT2D eigenvalue weighted by Crippen LogP contribution is 2.27. The summed E-state index contributed by atoms with van der Waals surface area (Å²) in [6.07, 6.45) is 2.03. The molecular formula is C16H22N8O.